The van der Waals surface area contributed by atoms with Gasteiger partial charge in [0.25, 0.3) is 0 Å². The van der Waals surface area contributed by atoms with Crippen LogP contribution in [0.2, 0.25) is 0 Å². The van der Waals surface area contributed by atoms with Crippen molar-refractivity contribution in [3.8, 4) is 17.6 Å². The summed E-state index contributed by atoms with van der Waals surface area (Å²) in [4.78, 5) is 27.3. The van der Waals surface area contributed by atoms with Gasteiger partial charge in [-0.15, -0.1) is 0 Å². The van der Waals surface area contributed by atoms with Crippen molar-refractivity contribution in [3.63, 3.8) is 0 Å². The summed E-state index contributed by atoms with van der Waals surface area (Å²) in [5, 5.41) is 8.97. The molecule has 0 aromatic heterocycles. The Kier molecular flexibility index (Phi) is 10.9. The fourth-order valence-corrected chi connectivity index (χ4v) is 4.28. The van der Waals surface area contributed by atoms with Gasteiger partial charge in [0.1, 0.15) is 23.9 Å². The van der Waals surface area contributed by atoms with Crippen LogP contribution in [-0.2, 0) is 16.0 Å². The first-order valence-electron chi connectivity index (χ1n) is 14.4. The van der Waals surface area contributed by atoms with Crippen LogP contribution in [0.1, 0.15) is 43.0 Å². The third-order valence-electron chi connectivity index (χ3n) is 6.37. The summed E-state index contributed by atoms with van der Waals surface area (Å²) >= 11 is 0. The molecule has 2 amide bonds. The minimum absolute atomic E-state index is 0.0343. The van der Waals surface area contributed by atoms with Gasteiger partial charge in [-0.1, -0.05) is 103 Å². The zero-order chi connectivity index (χ0) is 31.4. The van der Waals surface area contributed by atoms with Gasteiger partial charge in [0.05, 0.1) is 12.8 Å². The van der Waals surface area contributed by atoms with Gasteiger partial charge in [-0.3, -0.25) is 0 Å². The molecule has 0 bridgehead atoms. The topological polar surface area (TPSA) is 80.2 Å². The maximum Gasteiger partial charge on any atom is 0.339 e. The molecule has 4 aromatic rings. The highest BCUT2D eigenvalue weighted by Gasteiger charge is 2.29. The number of benzene rings is 4. The van der Waals surface area contributed by atoms with Crippen molar-refractivity contribution < 1.29 is 19.1 Å². The number of nitrogens with zero attached hydrogens (tertiary/aromatic N) is 2. The number of amides is 2. The predicted molar refractivity (Wildman–Crippen MR) is 173 cm³/mol. The van der Waals surface area contributed by atoms with Crippen molar-refractivity contribution >= 4 is 17.7 Å². The standard InChI is InChI=1S/C37H37N3O4/c1-37(2,3)44-35(41)33(27-29-15-8-5-9-16-29)38-36(42)40(26-14-17-28-22-24-32(43-4)25-23-28)39-34(30-18-10-6-11-19-30)31-20-12-7-13-21-31/h5-13,15-16,18-25,33H,26-27H2,1-4H3,(H,38,42)/t33-/m1/s1. The van der Waals surface area contributed by atoms with E-state index >= 15 is 0 Å². The number of carbonyl (C=O) groups is 2. The van der Waals surface area contributed by atoms with Crippen LogP contribution >= 0.6 is 0 Å². The van der Waals surface area contributed by atoms with Crippen LogP contribution in [0.4, 0.5) is 4.79 Å². The van der Waals surface area contributed by atoms with E-state index in [9.17, 15) is 9.59 Å². The summed E-state index contributed by atoms with van der Waals surface area (Å²) in [6.07, 6.45) is 0.251. The maximum atomic E-state index is 14.0. The first kappa shape index (κ1) is 31.6. The third-order valence-corrected chi connectivity index (χ3v) is 6.37. The van der Waals surface area contributed by atoms with E-state index in [2.05, 4.69) is 17.2 Å². The molecule has 4 rings (SSSR count). The Labute approximate surface area is 259 Å². The second-order valence-corrected chi connectivity index (χ2v) is 11.0. The van der Waals surface area contributed by atoms with E-state index in [1.165, 1.54) is 5.01 Å². The highest BCUT2D eigenvalue weighted by molar-refractivity contribution is 6.13. The largest absolute Gasteiger partial charge is 0.497 e. The Balaban J connectivity index is 1.71. The SMILES string of the molecule is COc1ccc(C#CCN(N=C(c2ccccc2)c2ccccc2)C(=O)N[C@H](Cc2ccccc2)C(=O)OC(C)(C)C)cc1. The van der Waals surface area contributed by atoms with E-state index in [4.69, 9.17) is 14.6 Å². The van der Waals surface area contributed by atoms with Crippen LogP contribution in [0.5, 0.6) is 5.75 Å². The molecule has 0 spiro atoms. The summed E-state index contributed by atoms with van der Waals surface area (Å²) in [7, 11) is 1.61. The lowest BCUT2D eigenvalue weighted by molar-refractivity contribution is -0.157. The number of carbonyl (C=O) groups excluding carboxylic acids is 2. The van der Waals surface area contributed by atoms with Crippen molar-refractivity contribution in [3.05, 3.63) is 138 Å². The minimum Gasteiger partial charge on any atom is -0.497 e. The average Bonchev–Trinajstić information content (AvgIpc) is 3.03. The van der Waals surface area contributed by atoms with Crippen molar-refractivity contribution in [1.82, 2.24) is 10.3 Å². The van der Waals surface area contributed by atoms with Crippen molar-refractivity contribution in [2.24, 2.45) is 5.10 Å². The molecule has 0 heterocycles. The molecule has 0 aliphatic heterocycles. The molecule has 0 aliphatic rings. The number of rotatable bonds is 9. The number of nitrogens with one attached hydrogen (secondary N) is 1. The van der Waals surface area contributed by atoms with Gasteiger partial charge in [0.2, 0.25) is 0 Å². The summed E-state index contributed by atoms with van der Waals surface area (Å²) in [5.41, 5.74) is 3.15. The number of methoxy groups -OCH3 is 1. The number of urea groups is 1. The summed E-state index contributed by atoms with van der Waals surface area (Å²) in [5.74, 6) is 6.35. The zero-order valence-corrected chi connectivity index (χ0v) is 25.5. The molecule has 1 atom stereocenters. The normalized spacial score (nSPS) is 11.3. The van der Waals surface area contributed by atoms with Gasteiger partial charge in [0, 0.05) is 23.1 Å². The molecule has 0 saturated carbocycles. The van der Waals surface area contributed by atoms with Gasteiger partial charge in [-0.25, -0.2) is 14.6 Å². The van der Waals surface area contributed by atoms with E-state index in [-0.39, 0.29) is 13.0 Å². The molecular weight excluding hydrogens is 550 g/mol. The van der Waals surface area contributed by atoms with Gasteiger partial charge in [0.15, 0.2) is 0 Å². The fraction of sp³-hybridized carbons (Fsp3) is 0.216. The lowest BCUT2D eigenvalue weighted by Gasteiger charge is -2.26. The lowest BCUT2D eigenvalue weighted by Crippen LogP contribution is -2.49. The van der Waals surface area contributed by atoms with Crippen LogP contribution in [0, 0.1) is 11.8 Å². The average molecular weight is 588 g/mol. The summed E-state index contributed by atoms with van der Waals surface area (Å²) < 4.78 is 10.9. The van der Waals surface area contributed by atoms with E-state index in [0.29, 0.717) is 5.71 Å². The van der Waals surface area contributed by atoms with Gasteiger partial charge < -0.3 is 14.8 Å². The summed E-state index contributed by atoms with van der Waals surface area (Å²) in [6, 6.07) is 34.5. The number of hydrazone groups is 1. The van der Waals surface area contributed by atoms with Crippen LogP contribution in [0.25, 0.3) is 0 Å². The van der Waals surface area contributed by atoms with Gasteiger partial charge in [-0.2, -0.15) is 5.10 Å². The lowest BCUT2D eigenvalue weighted by atomic mass is 10.0. The predicted octanol–water partition coefficient (Wildman–Crippen LogP) is 6.46. The molecular formula is C37H37N3O4. The third kappa shape index (κ3) is 9.60. The highest BCUT2D eigenvalue weighted by Crippen LogP contribution is 2.15. The Morgan fingerprint density at radius 1 is 0.818 bits per heavy atom. The Hall–Kier alpha value is -5.35. The summed E-state index contributed by atoms with van der Waals surface area (Å²) in [6.45, 7) is 5.35. The maximum absolute atomic E-state index is 14.0. The quantitative estimate of drug-likeness (QED) is 0.105. The number of esters is 1. The van der Waals surface area contributed by atoms with Gasteiger partial charge in [-0.05, 0) is 50.6 Å². The second kappa shape index (κ2) is 15.2. The molecule has 0 saturated heterocycles. The van der Waals surface area contributed by atoms with Crippen LogP contribution in [0.15, 0.2) is 120 Å². The smallest absolute Gasteiger partial charge is 0.339 e. The molecule has 0 fully saturated rings. The number of hydrogen-bond donors (Lipinski definition) is 1. The monoisotopic (exact) mass is 587 g/mol. The van der Waals surface area contributed by atoms with Crippen LogP contribution in [0.3, 0.4) is 0 Å². The van der Waals surface area contributed by atoms with E-state index in [0.717, 1.165) is 28.0 Å². The van der Waals surface area contributed by atoms with E-state index in [1.807, 2.05) is 115 Å². The molecule has 44 heavy (non-hydrogen) atoms. The van der Waals surface area contributed by atoms with Gasteiger partial charge >= 0.3 is 12.0 Å². The number of hydrogen-bond acceptors (Lipinski definition) is 5. The number of ether oxygens (including phenoxy) is 2. The Morgan fingerprint density at radius 3 is 1.89 bits per heavy atom. The first-order valence-corrected chi connectivity index (χ1v) is 14.4. The molecule has 0 radical (unpaired) electrons. The van der Waals surface area contributed by atoms with Crippen molar-refractivity contribution in [2.45, 2.75) is 38.8 Å². The van der Waals surface area contributed by atoms with Crippen molar-refractivity contribution in [2.75, 3.05) is 13.7 Å². The van der Waals surface area contributed by atoms with Crippen LogP contribution in [-0.4, -0.2) is 48.0 Å². The van der Waals surface area contributed by atoms with Crippen LogP contribution < -0.4 is 10.1 Å². The second-order valence-electron chi connectivity index (χ2n) is 11.0. The first-order chi connectivity index (χ1) is 21.2. The Morgan fingerprint density at radius 2 is 1.36 bits per heavy atom. The zero-order valence-electron chi connectivity index (χ0n) is 25.5. The molecule has 0 unspecified atom stereocenters. The van der Waals surface area contributed by atoms with Crippen molar-refractivity contribution in [1.29, 1.82) is 0 Å². The molecule has 7 nitrogen and oxygen atoms in total. The van der Waals surface area contributed by atoms with E-state index < -0.39 is 23.6 Å². The molecule has 4 aromatic carbocycles. The molecule has 1 N–H and O–H groups in total. The molecule has 224 valence electrons. The minimum atomic E-state index is -0.951. The Bertz CT molecular complexity index is 1560. The molecule has 7 heteroatoms. The fourth-order valence-electron chi connectivity index (χ4n) is 4.28. The highest BCUT2D eigenvalue weighted by atomic mass is 16.6. The molecule has 0 aliphatic carbocycles. The van der Waals surface area contributed by atoms with E-state index in [1.54, 1.807) is 27.9 Å².